The van der Waals surface area contributed by atoms with E-state index >= 15 is 0 Å². The Labute approximate surface area is 230 Å². The van der Waals surface area contributed by atoms with Crippen LogP contribution >= 0.6 is 0 Å². The molecule has 3 aromatic heterocycles. The number of hydrogen-bond acceptors (Lipinski definition) is 3. The summed E-state index contributed by atoms with van der Waals surface area (Å²) in [5.74, 6) is 1.44. The second-order valence-electron chi connectivity index (χ2n) is 9.88. The Balaban J connectivity index is 1.47. The zero-order valence-electron chi connectivity index (χ0n) is 21.5. The van der Waals surface area contributed by atoms with Crippen molar-refractivity contribution in [3.8, 4) is 39.7 Å². The van der Waals surface area contributed by atoms with Crippen LogP contribution in [0.25, 0.3) is 72.6 Å². The monoisotopic (exact) mass is 513 g/mol. The number of rotatable bonds is 4. The topological polar surface area (TPSA) is 43.9 Å². The van der Waals surface area contributed by atoms with Crippen molar-refractivity contribution >= 4 is 32.9 Å². The fourth-order valence-electron chi connectivity index (χ4n) is 5.57. The highest BCUT2D eigenvalue weighted by atomic mass is 16.3. The SMILES string of the molecule is c1ccc(-c2cc(-c3ccccc3)nc(-n3c4ccccc4c4ccc5oc(-c6ccccc6)nc5c43)c2)cc1. The quantitative estimate of drug-likeness (QED) is 0.235. The molecule has 40 heavy (non-hydrogen) atoms. The van der Waals surface area contributed by atoms with Crippen LogP contribution in [-0.4, -0.2) is 14.5 Å². The van der Waals surface area contributed by atoms with E-state index in [0.717, 1.165) is 66.7 Å². The Hall–Kier alpha value is -5.48. The molecule has 4 heteroatoms. The molecule has 0 saturated heterocycles. The Morgan fingerprint density at radius 1 is 0.500 bits per heavy atom. The number of benzene rings is 5. The normalized spacial score (nSPS) is 11.5. The van der Waals surface area contributed by atoms with E-state index in [0.29, 0.717) is 5.89 Å². The number of oxazole rings is 1. The maximum Gasteiger partial charge on any atom is 0.227 e. The third-order valence-electron chi connectivity index (χ3n) is 7.43. The Morgan fingerprint density at radius 3 is 1.90 bits per heavy atom. The number of para-hydroxylation sites is 1. The molecule has 0 aliphatic heterocycles. The molecule has 0 saturated carbocycles. The van der Waals surface area contributed by atoms with Gasteiger partial charge in [0, 0.05) is 21.9 Å². The van der Waals surface area contributed by atoms with Gasteiger partial charge in [-0.25, -0.2) is 9.97 Å². The van der Waals surface area contributed by atoms with Gasteiger partial charge in [-0.1, -0.05) is 97.1 Å². The van der Waals surface area contributed by atoms with Crippen molar-refractivity contribution in [2.24, 2.45) is 0 Å². The van der Waals surface area contributed by atoms with Gasteiger partial charge in [0.15, 0.2) is 5.58 Å². The summed E-state index contributed by atoms with van der Waals surface area (Å²) >= 11 is 0. The zero-order chi connectivity index (χ0) is 26.5. The highest BCUT2D eigenvalue weighted by molar-refractivity contribution is 6.17. The van der Waals surface area contributed by atoms with Gasteiger partial charge >= 0.3 is 0 Å². The molecule has 0 spiro atoms. The highest BCUT2D eigenvalue weighted by Gasteiger charge is 2.20. The largest absolute Gasteiger partial charge is 0.436 e. The third kappa shape index (κ3) is 3.62. The lowest BCUT2D eigenvalue weighted by Gasteiger charge is -2.13. The molecule has 3 heterocycles. The number of pyridine rings is 1. The molecule has 5 aromatic carbocycles. The lowest BCUT2D eigenvalue weighted by Crippen LogP contribution is -2.00. The van der Waals surface area contributed by atoms with E-state index in [-0.39, 0.29) is 0 Å². The molecular weight excluding hydrogens is 490 g/mol. The predicted molar refractivity (Wildman–Crippen MR) is 162 cm³/mol. The number of fused-ring (bicyclic) bond motifs is 5. The molecule has 0 aliphatic rings. The van der Waals surface area contributed by atoms with Gasteiger partial charge < -0.3 is 4.42 Å². The predicted octanol–water partition coefficient (Wildman–Crippen LogP) is 9.32. The molecule has 0 atom stereocenters. The summed E-state index contributed by atoms with van der Waals surface area (Å²) in [5, 5.41) is 2.26. The minimum atomic E-state index is 0.607. The van der Waals surface area contributed by atoms with Crippen LogP contribution in [0.1, 0.15) is 0 Å². The van der Waals surface area contributed by atoms with Gasteiger partial charge in [-0.15, -0.1) is 0 Å². The van der Waals surface area contributed by atoms with Crippen molar-refractivity contribution in [1.29, 1.82) is 0 Å². The average Bonchev–Trinajstić information content (AvgIpc) is 3.62. The average molecular weight is 514 g/mol. The highest BCUT2D eigenvalue weighted by Crippen LogP contribution is 2.38. The van der Waals surface area contributed by atoms with Crippen molar-refractivity contribution in [2.45, 2.75) is 0 Å². The first-order valence-electron chi connectivity index (χ1n) is 13.3. The van der Waals surface area contributed by atoms with Crippen LogP contribution < -0.4 is 0 Å². The van der Waals surface area contributed by atoms with Crippen molar-refractivity contribution in [3.63, 3.8) is 0 Å². The molecule has 0 aliphatic carbocycles. The summed E-state index contributed by atoms with van der Waals surface area (Å²) in [6.45, 7) is 0. The van der Waals surface area contributed by atoms with Crippen LogP contribution in [0, 0.1) is 0 Å². The molecule has 8 rings (SSSR count). The zero-order valence-corrected chi connectivity index (χ0v) is 21.5. The standard InChI is InChI=1S/C36H23N3O/c1-4-12-24(13-5-1)27-22-30(25-14-6-2-7-15-25)37-33(23-27)39-31-19-11-10-18-28(31)29-20-21-32-34(35(29)39)38-36(40-32)26-16-8-3-9-17-26/h1-23H. The first-order chi connectivity index (χ1) is 19.8. The molecule has 188 valence electrons. The summed E-state index contributed by atoms with van der Waals surface area (Å²) in [6, 6.07) is 47.8. The third-order valence-corrected chi connectivity index (χ3v) is 7.43. The van der Waals surface area contributed by atoms with Crippen LogP contribution in [-0.2, 0) is 0 Å². The van der Waals surface area contributed by atoms with Crippen LogP contribution in [0.3, 0.4) is 0 Å². The molecule has 0 N–H and O–H groups in total. The summed E-state index contributed by atoms with van der Waals surface area (Å²) in [6.07, 6.45) is 0. The summed E-state index contributed by atoms with van der Waals surface area (Å²) < 4.78 is 8.53. The summed E-state index contributed by atoms with van der Waals surface area (Å²) in [7, 11) is 0. The fraction of sp³-hybridized carbons (Fsp3) is 0. The van der Waals surface area contributed by atoms with Crippen LogP contribution in [0.2, 0.25) is 0 Å². The maximum atomic E-state index is 6.29. The first kappa shape index (κ1) is 22.5. The smallest absolute Gasteiger partial charge is 0.227 e. The molecule has 0 amide bonds. The molecule has 0 radical (unpaired) electrons. The lowest BCUT2D eigenvalue weighted by molar-refractivity contribution is 0.620. The number of hydrogen-bond donors (Lipinski definition) is 0. The second kappa shape index (κ2) is 9.07. The maximum absolute atomic E-state index is 6.29. The Bertz CT molecular complexity index is 2090. The van der Waals surface area contributed by atoms with Gasteiger partial charge in [0.1, 0.15) is 11.3 Å². The van der Waals surface area contributed by atoms with Crippen molar-refractivity contribution < 1.29 is 4.42 Å². The van der Waals surface area contributed by atoms with E-state index in [9.17, 15) is 0 Å². The van der Waals surface area contributed by atoms with Crippen molar-refractivity contribution in [3.05, 3.63) is 140 Å². The van der Waals surface area contributed by atoms with Crippen molar-refractivity contribution in [1.82, 2.24) is 14.5 Å². The fourth-order valence-corrected chi connectivity index (χ4v) is 5.57. The van der Waals surface area contributed by atoms with E-state index in [1.807, 2.05) is 48.5 Å². The number of aromatic nitrogens is 3. The van der Waals surface area contributed by atoms with Gasteiger partial charge in [-0.2, -0.15) is 0 Å². The van der Waals surface area contributed by atoms with E-state index in [2.05, 4.69) is 95.6 Å². The van der Waals surface area contributed by atoms with Crippen LogP contribution in [0.4, 0.5) is 0 Å². The van der Waals surface area contributed by atoms with Crippen molar-refractivity contribution in [2.75, 3.05) is 0 Å². The van der Waals surface area contributed by atoms with Gasteiger partial charge in [0.2, 0.25) is 5.89 Å². The molecule has 8 aromatic rings. The first-order valence-corrected chi connectivity index (χ1v) is 13.3. The van der Waals surface area contributed by atoms with E-state index in [4.69, 9.17) is 14.4 Å². The van der Waals surface area contributed by atoms with E-state index < -0.39 is 0 Å². The van der Waals surface area contributed by atoms with Crippen LogP contribution in [0.5, 0.6) is 0 Å². The van der Waals surface area contributed by atoms with Gasteiger partial charge in [-0.05, 0) is 53.6 Å². The molecule has 4 nitrogen and oxygen atoms in total. The second-order valence-corrected chi connectivity index (χ2v) is 9.88. The molecule has 0 unspecified atom stereocenters. The Kier molecular flexibility index (Phi) is 5.10. The van der Waals surface area contributed by atoms with Crippen LogP contribution in [0.15, 0.2) is 144 Å². The summed E-state index contributed by atoms with van der Waals surface area (Å²) in [4.78, 5) is 10.3. The molecule has 0 fully saturated rings. The van der Waals surface area contributed by atoms with E-state index in [1.165, 1.54) is 0 Å². The van der Waals surface area contributed by atoms with Gasteiger partial charge in [0.25, 0.3) is 0 Å². The lowest BCUT2D eigenvalue weighted by atomic mass is 10.0. The summed E-state index contributed by atoms with van der Waals surface area (Å²) in [5.41, 5.74) is 8.81. The van der Waals surface area contributed by atoms with Gasteiger partial charge in [0.05, 0.1) is 16.7 Å². The van der Waals surface area contributed by atoms with E-state index in [1.54, 1.807) is 0 Å². The minimum absolute atomic E-state index is 0.607. The van der Waals surface area contributed by atoms with Gasteiger partial charge in [-0.3, -0.25) is 4.57 Å². The molecule has 0 bridgehead atoms. The molecular formula is C36H23N3O. The minimum Gasteiger partial charge on any atom is -0.436 e. The Morgan fingerprint density at radius 2 is 1.15 bits per heavy atom. The number of nitrogens with zero attached hydrogens (tertiary/aromatic N) is 3.